The van der Waals surface area contributed by atoms with Crippen LogP contribution in [0.15, 0.2) is 53.6 Å². The first-order valence-electron chi connectivity index (χ1n) is 7.00. The lowest BCUT2D eigenvalue weighted by molar-refractivity contribution is -0.385. The number of nitro benzene ring substituents is 1. The van der Waals surface area contributed by atoms with Gasteiger partial charge in [-0.25, -0.2) is 9.66 Å². The van der Waals surface area contributed by atoms with Gasteiger partial charge in [0.05, 0.1) is 15.8 Å². The van der Waals surface area contributed by atoms with Crippen molar-refractivity contribution in [3.8, 4) is 0 Å². The molecular weight excluding hydrogens is 312 g/mol. The molecule has 0 saturated heterocycles. The van der Waals surface area contributed by atoms with E-state index in [-0.39, 0.29) is 11.3 Å². The fourth-order valence-electron chi connectivity index (χ4n) is 2.27. The van der Waals surface area contributed by atoms with Gasteiger partial charge in [0.15, 0.2) is 0 Å². The molecule has 24 heavy (non-hydrogen) atoms. The van der Waals surface area contributed by atoms with E-state index in [4.69, 9.17) is 0 Å². The first-order chi connectivity index (χ1) is 11.5. The maximum Gasteiger partial charge on any atom is 0.280 e. The van der Waals surface area contributed by atoms with Crippen molar-refractivity contribution in [2.45, 2.75) is 6.92 Å². The molecule has 120 valence electrons. The summed E-state index contributed by atoms with van der Waals surface area (Å²) in [5, 5.41) is 11.3. The average Bonchev–Trinajstić information content (AvgIpc) is 2.57. The largest absolute Gasteiger partial charge is 0.280 e. The van der Waals surface area contributed by atoms with Crippen LogP contribution in [0.3, 0.4) is 0 Å². The van der Waals surface area contributed by atoms with Gasteiger partial charge in [-0.2, -0.15) is 0 Å². The van der Waals surface area contributed by atoms with E-state index in [2.05, 4.69) is 10.4 Å². The van der Waals surface area contributed by atoms with E-state index >= 15 is 0 Å². The zero-order valence-corrected chi connectivity index (χ0v) is 12.6. The first kappa shape index (κ1) is 15.3. The van der Waals surface area contributed by atoms with Crippen LogP contribution in [0.25, 0.3) is 10.9 Å². The number of hydrogen-bond acceptors (Lipinski definition) is 5. The monoisotopic (exact) mass is 324 g/mol. The molecule has 8 heteroatoms. The van der Waals surface area contributed by atoms with Crippen molar-refractivity contribution in [2.24, 2.45) is 0 Å². The molecule has 1 aromatic heterocycles. The van der Waals surface area contributed by atoms with E-state index in [1.807, 2.05) is 0 Å². The van der Waals surface area contributed by atoms with Gasteiger partial charge in [0, 0.05) is 17.2 Å². The molecule has 3 rings (SSSR count). The molecule has 3 aromatic rings. The van der Waals surface area contributed by atoms with Gasteiger partial charge in [-0.3, -0.25) is 25.1 Å². The number of carbonyl (C=O) groups excluding carboxylic acids is 1. The Morgan fingerprint density at radius 2 is 2.00 bits per heavy atom. The van der Waals surface area contributed by atoms with Crippen molar-refractivity contribution in [3.05, 3.63) is 80.4 Å². The van der Waals surface area contributed by atoms with Crippen LogP contribution in [0.1, 0.15) is 15.9 Å². The number of hydrogen-bond donors (Lipinski definition) is 1. The molecule has 0 aliphatic carbocycles. The van der Waals surface area contributed by atoms with Crippen molar-refractivity contribution < 1.29 is 9.72 Å². The van der Waals surface area contributed by atoms with Crippen LogP contribution < -0.4 is 11.0 Å². The summed E-state index contributed by atoms with van der Waals surface area (Å²) < 4.78 is 0.955. The molecular formula is C16H12N4O4. The Morgan fingerprint density at radius 1 is 1.25 bits per heavy atom. The highest BCUT2D eigenvalue weighted by atomic mass is 16.6. The van der Waals surface area contributed by atoms with E-state index in [0.29, 0.717) is 16.5 Å². The van der Waals surface area contributed by atoms with Gasteiger partial charge in [-0.1, -0.05) is 18.2 Å². The normalized spacial score (nSPS) is 10.5. The number of aryl methyl sites for hydroxylation is 1. The van der Waals surface area contributed by atoms with Crippen LogP contribution in [0, 0.1) is 17.0 Å². The second kappa shape index (κ2) is 5.92. The van der Waals surface area contributed by atoms with E-state index in [1.165, 1.54) is 24.5 Å². The minimum atomic E-state index is -0.641. The van der Waals surface area contributed by atoms with Crippen molar-refractivity contribution >= 4 is 22.5 Å². The third-order valence-corrected chi connectivity index (χ3v) is 3.56. The van der Waals surface area contributed by atoms with Crippen molar-refractivity contribution in [3.63, 3.8) is 0 Å². The van der Waals surface area contributed by atoms with Crippen LogP contribution in [0.5, 0.6) is 0 Å². The molecule has 2 aromatic carbocycles. The summed E-state index contributed by atoms with van der Waals surface area (Å²) in [4.78, 5) is 39.1. The average molecular weight is 324 g/mol. The Balaban J connectivity index is 1.96. The van der Waals surface area contributed by atoms with Crippen LogP contribution in [0.2, 0.25) is 0 Å². The summed E-state index contributed by atoms with van der Waals surface area (Å²) in [6.07, 6.45) is 1.20. The standard InChI is InChI=1S/C16H12N4O4/c1-10-6-7-11(8-14(10)20(23)24)15(21)18-19-9-17-13-5-3-2-4-12(13)16(19)22/h2-9H,1H3,(H,18,21). The van der Waals surface area contributed by atoms with E-state index < -0.39 is 16.4 Å². The number of para-hydroxylation sites is 1. The summed E-state index contributed by atoms with van der Waals surface area (Å²) in [6.45, 7) is 1.58. The number of amides is 1. The molecule has 1 heterocycles. The maximum atomic E-state index is 12.3. The lowest BCUT2D eigenvalue weighted by Crippen LogP contribution is -2.33. The lowest BCUT2D eigenvalue weighted by atomic mass is 10.1. The number of fused-ring (bicyclic) bond motifs is 1. The molecule has 0 radical (unpaired) electrons. The van der Waals surface area contributed by atoms with Crippen LogP contribution >= 0.6 is 0 Å². The van der Waals surface area contributed by atoms with E-state index in [0.717, 1.165) is 4.68 Å². The number of nitrogens with one attached hydrogen (secondary N) is 1. The minimum Gasteiger partial charge on any atom is -0.267 e. The topological polar surface area (TPSA) is 107 Å². The molecule has 0 fully saturated rings. The quantitative estimate of drug-likeness (QED) is 0.585. The Kier molecular flexibility index (Phi) is 3.78. The number of nitrogens with zero attached hydrogens (tertiary/aromatic N) is 3. The SMILES string of the molecule is Cc1ccc(C(=O)Nn2cnc3ccccc3c2=O)cc1[N+](=O)[O-]. The highest BCUT2D eigenvalue weighted by Crippen LogP contribution is 2.19. The molecule has 0 aliphatic heterocycles. The zero-order chi connectivity index (χ0) is 17.3. The summed E-state index contributed by atoms with van der Waals surface area (Å²) >= 11 is 0. The smallest absolute Gasteiger partial charge is 0.267 e. The van der Waals surface area contributed by atoms with E-state index in [1.54, 1.807) is 31.2 Å². The Bertz CT molecular complexity index is 1030. The zero-order valence-electron chi connectivity index (χ0n) is 12.6. The number of carbonyl (C=O) groups is 1. The highest BCUT2D eigenvalue weighted by molar-refractivity contribution is 6.00. The Hall–Kier alpha value is -3.55. The minimum absolute atomic E-state index is 0.0763. The third-order valence-electron chi connectivity index (χ3n) is 3.56. The summed E-state index contributed by atoms with van der Waals surface area (Å²) in [5.74, 6) is -0.641. The summed E-state index contributed by atoms with van der Waals surface area (Å²) in [5.41, 5.74) is 2.82. The lowest BCUT2D eigenvalue weighted by Gasteiger charge is -2.09. The van der Waals surface area contributed by atoms with Gasteiger partial charge in [0.1, 0.15) is 6.33 Å². The summed E-state index contributed by atoms with van der Waals surface area (Å²) in [7, 11) is 0. The molecule has 1 N–H and O–H groups in total. The second-order valence-corrected chi connectivity index (χ2v) is 5.14. The molecule has 1 amide bonds. The van der Waals surface area contributed by atoms with Gasteiger partial charge in [0.25, 0.3) is 17.2 Å². The Labute approximate surface area is 135 Å². The summed E-state index contributed by atoms with van der Waals surface area (Å²) in [6, 6.07) is 10.8. The predicted molar refractivity (Wildman–Crippen MR) is 87.5 cm³/mol. The van der Waals surface area contributed by atoms with Crippen LogP contribution in [0.4, 0.5) is 5.69 Å². The fraction of sp³-hybridized carbons (Fsp3) is 0.0625. The molecule has 0 saturated carbocycles. The second-order valence-electron chi connectivity index (χ2n) is 5.14. The van der Waals surface area contributed by atoms with Gasteiger partial charge in [-0.15, -0.1) is 0 Å². The van der Waals surface area contributed by atoms with Gasteiger partial charge >= 0.3 is 0 Å². The van der Waals surface area contributed by atoms with Gasteiger partial charge < -0.3 is 0 Å². The first-order valence-corrected chi connectivity index (χ1v) is 7.00. The number of rotatable bonds is 3. The van der Waals surface area contributed by atoms with Gasteiger partial charge in [0.2, 0.25) is 0 Å². The number of nitro groups is 1. The van der Waals surface area contributed by atoms with Crippen molar-refractivity contribution in [1.82, 2.24) is 9.66 Å². The number of aromatic nitrogens is 2. The molecule has 0 unspecified atom stereocenters. The molecule has 0 aliphatic rings. The van der Waals surface area contributed by atoms with Crippen LogP contribution in [-0.2, 0) is 0 Å². The Morgan fingerprint density at radius 3 is 2.75 bits per heavy atom. The fourth-order valence-corrected chi connectivity index (χ4v) is 2.27. The maximum absolute atomic E-state index is 12.3. The molecule has 0 bridgehead atoms. The molecule has 0 atom stereocenters. The highest BCUT2D eigenvalue weighted by Gasteiger charge is 2.15. The third kappa shape index (κ3) is 2.72. The molecule has 8 nitrogen and oxygen atoms in total. The van der Waals surface area contributed by atoms with Crippen molar-refractivity contribution in [2.75, 3.05) is 5.43 Å². The molecule has 0 spiro atoms. The predicted octanol–water partition coefficient (Wildman–Crippen LogP) is 2.00. The van der Waals surface area contributed by atoms with Crippen molar-refractivity contribution in [1.29, 1.82) is 0 Å². The number of benzene rings is 2. The van der Waals surface area contributed by atoms with E-state index in [9.17, 15) is 19.7 Å². The van der Waals surface area contributed by atoms with Crippen LogP contribution in [-0.4, -0.2) is 20.5 Å². The van der Waals surface area contributed by atoms with Gasteiger partial charge in [-0.05, 0) is 25.1 Å².